The molecule has 0 aliphatic rings. The van der Waals surface area contributed by atoms with Gasteiger partial charge < -0.3 is 5.32 Å². The molecule has 1 N–H and O–H groups in total. The molecule has 0 saturated heterocycles. The van der Waals surface area contributed by atoms with Crippen molar-refractivity contribution in [2.24, 2.45) is 0 Å². The first kappa shape index (κ1) is 14.2. The van der Waals surface area contributed by atoms with Gasteiger partial charge in [0.25, 0.3) is 0 Å². The number of sulfone groups is 1. The van der Waals surface area contributed by atoms with Crippen LogP contribution in [0.5, 0.6) is 0 Å². The topological polar surface area (TPSA) is 46.2 Å². The highest BCUT2D eigenvalue weighted by molar-refractivity contribution is 7.91. The van der Waals surface area contributed by atoms with Crippen molar-refractivity contribution >= 4 is 9.84 Å². The summed E-state index contributed by atoms with van der Waals surface area (Å²) in [7, 11) is -1.25. The van der Waals surface area contributed by atoms with E-state index in [1.54, 1.807) is 14.0 Å². The van der Waals surface area contributed by atoms with Crippen LogP contribution < -0.4 is 5.32 Å². The Morgan fingerprint density at radius 3 is 2.29 bits per heavy atom. The van der Waals surface area contributed by atoms with Gasteiger partial charge in [-0.25, -0.2) is 8.42 Å². The van der Waals surface area contributed by atoms with E-state index >= 15 is 0 Å². The van der Waals surface area contributed by atoms with Gasteiger partial charge in [0.05, 0.1) is 5.25 Å². The van der Waals surface area contributed by atoms with E-state index in [0.29, 0.717) is 0 Å². The van der Waals surface area contributed by atoms with Crippen LogP contribution in [0, 0.1) is 13.8 Å². The van der Waals surface area contributed by atoms with Gasteiger partial charge in [-0.2, -0.15) is 0 Å². The van der Waals surface area contributed by atoms with Crippen molar-refractivity contribution in [3.63, 3.8) is 0 Å². The molecule has 17 heavy (non-hydrogen) atoms. The molecule has 0 fully saturated rings. The van der Waals surface area contributed by atoms with E-state index in [0.717, 1.165) is 11.1 Å². The van der Waals surface area contributed by atoms with Crippen LogP contribution >= 0.6 is 0 Å². The SMILES string of the molecule is CNC(c1cccc(C)c1C)C(C)S(C)(=O)=O. The average Bonchev–Trinajstić information content (AvgIpc) is 2.23. The van der Waals surface area contributed by atoms with Gasteiger partial charge in [-0.05, 0) is 44.5 Å². The molecular formula is C13H21NO2S. The Hall–Kier alpha value is -0.870. The molecule has 0 bridgehead atoms. The van der Waals surface area contributed by atoms with Crippen molar-refractivity contribution < 1.29 is 8.42 Å². The third-order valence-electron chi connectivity index (χ3n) is 3.44. The zero-order chi connectivity index (χ0) is 13.2. The van der Waals surface area contributed by atoms with Crippen molar-refractivity contribution in [3.05, 3.63) is 34.9 Å². The van der Waals surface area contributed by atoms with Crippen LogP contribution in [0.15, 0.2) is 18.2 Å². The molecule has 2 unspecified atom stereocenters. The molecule has 0 radical (unpaired) electrons. The van der Waals surface area contributed by atoms with E-state index in [4.69, 9.17) is 0 Å². The minimum atomic E-state index is -3.05. The van der Waals surface area contributed by atoms with Crippen LogP contribution in [0.1, 0.15) is 29.7 Å². The monoisotopic (exact) mass is 255 g/mol. The van der Waals surface area contributed by atoms with Crippen LogP contribution in [-0.2, 0) is 9.84 Å². The maximum atomic E-state index is 11.7. The van der Waals surface area contributed by atoms with Gasteiger partial charge in [-0.3, -0.25) is 0 Å². The Bertz CT molecular complexity index is 494. The fraction of sp³-hybridized carbons (Fsp3) is 0.538. The Labute approximate surface area is 104 Å². The largest absolute Gasteiger partial charge is 0.312 e. The summed E-state index contributed by atoms with van der Waals surface area (Å²) < 4.78 is 23.3. The molecular weight excluding hydrogens is 234 g/mol. The Morgan fingerprint density at radius 1 is 1.24 bits per heavy atom. The van der Waals surface area contributed by atoms with E-state index < -0.39 is 15.1 Å². The van der Waals surface area contributed by atoms with E-state index in [9.17, 15) is 8.42 Å². The predicted octanol–water partition coefficient (Wildman–Crippen LogP) is 2.00. The number of aryl methyl sites for hydroxylation is 1. The molecule has 1 rings (SSSR count). The lowest BCUT2D eigenvalue weighted by Gasteiger charge is -2.25. The molecule has 0 aliphatic heterocycles. The molecule has 1 aromatic rings. The van der Waals surface area contributed by atoms with Crippen LogP contribution in [0.2, 0.25) is 0 Å². The maximum Gasteiger partial charge on any atom is 0.151 e. The van der Waals surface area contributed by atoms with Crippen molar-refractivity contribution in [2.45, 2.75) is 32.1 Å². The van der Waals surface area contributed by atoms with Crippen molar-refractivity contribution in [1.82, 2.24) is 5.32 Å². The molecule has 1 aromatic carbocycles. The van der Waals surface area contributed by atoms with Gasteiger partial charge >= 0.3 is 0 Å². The standard InChI is InChI=1S/C13H21NO2S/c1-9-7-6-8-12(10(9)2)13(14-4)11(3)17(5,15)16/h6-8,11,13-14H,1-5H3. The molecule has 0 heterocycles. The van der Waals surface area contributed by atoms with Gasteiger partial charge in [0, 0.05) is 12.3 Å². The second kappa shape index (κ2) is 5.19. The molecule has 3 nitrogen and oxygen atoms in total. The first-order chi connectivity index (χ1) is 7.79. The lowest BCUT2D eigenvalue weighted by molar-refractivity contribution is 0.533. The summed E-state index contributed by atoms with van der Waals surface area (Å²) in [4.78, 5) is 0. The van der Waals surface area contributed by atoms with E-state index in [1.807, 2.05) is 32.0 Å². The number of rotatable bonds is 4. The summed E-state index contributed by atoms with van der Waals surface area (Å²) in [5, 5.41) is 2.68. The lowest BCUT2D eigenvalue weighted by Crippen LogP contribution is -2.33. The molecule has 0 amide bonds. The van der Waals surface area contributed by atoms with Gasteiger partial charge in [-0.1, -0.05) is 18.2 Å². The van der Waals surface area contributed by atoms with Gasteiger partial charge in [0.2, 0.25) is 0 Å². The molecule has 4 heteroatoms. The van der Waals surface area contributed by atoms with E-state index in [2.05, 4.69) is 5.32 Å². The summed E-state index contributed by atoms with van der Waals surface area (Å²) in [6.07, 6.45) is 1.28. The highest BCUT2D eigenvalue weighted by Gasteiger charge is 2.27. The third kappa shape index (κ3) is 3.07. The summed E-state index contributed by atoms with van der Waals surface area (Å²) in [6, 6.07) is 5.84. The molecule has 0 aliphatic carbocycles. The van der Waals surface area contributed by atoms with Gasteiger partial charge in [-0.15, -0.1) is 0 Å². The fourth-order valence-corrected chi connectivity index (χ4v) is 2.78. The third-order valence-corrected chi connectivity index (χ3v) is 5.06. The minimum absolute atomic E-state index is 0.162. The fourth-order valence-electron chi connectivity index (χ4n) is 2.00. The molecule has 0 aromatic heterocycles. The van der Waals surface area contributed by atoms with E-state index in [-0.39, 0.29) is 6.04 Å². The molecule has 96 valence electrons. The summed E-state index contributed by atoms with van der Waals surface area (Å²) in [5.74, 6) is 0. The maximum absolute atomic E-state index is 11.7. The van der Waals surface area contributed by atoms with Crippen molar-refractivity contribution in [2.75, 3.05) is 13.3 Å². The lowest BCUT2D eigenvalue weighted by atomic mass is 9.96. The summed E-state index contributed by atoms with van der Waals surface area (Å²) >= 11 is 0. The smallest absolute Gasteiger partial charge is 0.151 e. The Morgan fingerprint density at radius 2 is 1.82 bits per heavy atom. The summed E-state index contributed by atoms with van der Waals surface area (Å²) in [6.45, 7) is 5.82. The molecule has 0 spiro atoms. The number of hydrogen-bond donors (Lipinski definition) is 1. The van der Waals surface area contributed by atoms with Crippen LogP contribution in [0.4, 0.5) is 0 Å². The molecule has 0 saturated carbocycles. The second-order valence-electron chi connectivity index (χ2n) is 4.59. The van der Waals surface area contributed by atoms with Crippen molar-refractivity contribution in [1.29, 1.82) is 0 Å². The summed E-state index contributed by atoms with van der Waals surface area (Å²) in [5.41, 5.74) is 3.40. The second-order valence-corrected chi connectivity index (χ2v) is 6.99. The number of benzene rings is 1. The quantitative estimate of drug-likeness (QED) is 0.895. The van der Waals surface area contributed by atoms with Gasteiger partial charge in [0.1, 0.15) is 0 Å². The predicted molar refractivity (Wildman–Crippen MR) is 72.0 cm³/mol. The molecule has 2 atom stereocenters. The van der Waals surface area contributed by atoms with Crippen LogP contribution in [0.25, 0.3) is 0 Å². The van der Waals surface area contributed by atoms with E-state index in [1.165, 1.54) is 11.8 Å². The first-order valence-corrected chi connectivity index (χ1v) is 7.66. The number of hydrogen-bond acceptors (Lipinski definition) is 3. The van der Waals surface area contributed by atoms with Crippen LogP contribution in [-0.4, -0.2) is 27.0 Å². The van der Waals surface area contributed by atoms with Crippen LogP contribution in [0.3, 0.4) is 0 Å². The zero-order valence-electron chi connectivity index (χ0n) is 11.1. The highest BCUT2D eigenvalue weighted by atomic mass is 32.2. The first-order valence-electron chi connectivity index (χ1n) is 5.71. The Balaban J connectivity index is 3.24. The zero-order valence-corrected chi connectivity index (χ0v) is 11.9. The Kier molecular flexibility index (Phi) is 4.33. The highest BCUT2D eigenvalue weighted by Crippen LogP contribution is 2.25. The average molecular weight is 255 g/mol. The minimum Gasteiger partial charge on any atom is -0.312 e. The number of nitrogens with one attached hydrogen (secondary N) is 1. The van der Waals surface area contributed by atoms with Crippen molar-refractivity contribution in [3.8, 4) is 0 Å². The van der Waals surface area contributed by atoms with Gasteiger partial charge in [0.15, 0.2) is 9.84 Å². The normalized spacial score (nSPS) is 15.6.